The maximum atomic E-state index is 13.6. The molecule has 9 heteroatoms. The topological polar surface area (TPSA) is 84.5 Å². The minimum absolute atomic E-state index is 0.0694. The Morgan fingerprint density at radius 2 is 1.70 bits per heavy atom. The number of anilines is 2. The van der Waals surface area contributed by atoms with Gasteiger partial charge in [-0.15, -0.1) is 0 Å². The number of nitrogens with one attached hydrogen (secondary N) is 2. The molecule has 6 nitrogen and oxygen atoms in total. The van der Waals surface area contributed by atoms with Crippen LogP contribution in [0.25, 0.3) is 0 Å². The molecule has 0 aromatic heterocycles. The summed E-state index contributed by atoms with van der Waals surface area (Å²) in [6.45, 7) is 2.53. The predicted molar refractivity (Wildman–Crippen MR) is 90.6 cm³/mol. The molecule has 2 amide bonds. The van der Waals surface area contributed by atoms with Crippen molar-refractivity contribution < 1.29 is 32.3 Å². The highest BCUT2D eigenvalue weighted by Gasteiger charge is 2.22. The Hall–Kier alpha value is -3.36. The van der Waals surface area contributed by atoms with Crippen molar-refractivity contribution in [3.63, 3.8) is 0 Å². The van der Waals surface area contributed by atoms with Crippen LogP contribution in [0.1, 0.15) is 24.2 Å². The van der Waals surface area contributed by atoms with Gasteiger partial charge in [-0.1, -0.05) is 6.07 Å². The summed E-state index contributed by atoms with van der Waals surface area (Å²) in [6.07, 6.45) is -1.35. The molecular formula is C18H15F3N2O4. The van der Waals surface area contributed by atoms with Gasteiger partial charge in [-0.3, -0.25) is 9.59 Å². The normalized spacial score (nSPS) is 11.4. The third kappa shape index (κ3) is 5.06. The fourth-order valence-corrected chi connectivity index (χ4v) is 2.07. The van der Waals surface area contributed by atoms with Gasteiger partial charge >= 0.3 is 5.97 Å². The fourth-order valence-electron chi connectivity index (χ4n) is 2.07. The van der Waals surface area contributed by atoms with E-state index in [2.05, 4.69) is 5.32 Å². The smallest absolute Gasteiger partial charge is 0.338 e. The summed E-state index contributed by atoms with van der Waals surface area (Å²) < 4.78 is 44.7. The number of amides is 2. The molecule has 0 heterocycles. The molecule has 0 bridgehead atoms. The molecule has 0 aliphatic rings. The molecule has 0 aliphatic carbocycles. The number of halogens is 3. The summed E-state index contributed by atoms with van der Waals surface area (Å²) in [7, 11) is 0. The Bertz CT molecular complexity index is 902. The van der Waals surface area contributed by atoms with Crippen LogP contribution in [0.15, 0.2) is 36.4 Å². The molecule has 2 aromatic carbocycles. The number of ether oxygens (including phenoxy) is 1. The molecule has 0 aliphatic heterocycles. The molecule has 0 fully saturated rings. The van der Waals surface area contributed by atoms with Gasteiger partial charge in [0.25, 0.3) is 5.91 Å². The number of carbonyl (C=O) groups is 3. The van der Waals surface area contributed by atoms with Crippen LogP contribution in [0, 0.1) is 17.5 Å². The van der Waals surface area contributed by atoms with Crippen LogP contribution in [0.5, 0.6) is 0 Å². The van der Waals surface area contributed by atoms with E-state index in [0.29, 0.717) is 11.8 Å². The minimum atomic E-state index is -1.73. The molecule has 27 heavy (non-hydrogen) atoms. The van der Waals surface area contributed by atoms with E-state index >= 15 is 0 Å². The van der Waals surface area contributed by atoms with Gasteiger partial charge in [0.2, 0.25) is 5.91 Å². The van der Waals surface area contributed by atoms with Gasteiger partial charge in [-0.05, 0) is 37.3 Å². The van der Waals surface area contributed by atoms with Gasteiger partial charge in [0, 0.05) is 12.6 Å². The summed E-state index contributed by atoms with van der Waals surface area (Å²) in [5.41, 5.74) is -0.160. The number of benzene rings is 2. The second-order valence-corrected chi connectivity index (χ2v) is 5.52. The van der Waals surface area contributed by atoms with E-state index in [1.165, 1.54) is 32.0 Å². The average molecular weight is 380 g/mol. The third-order valence-electron chi connectivity index (χ3n) is 3.36. The molecule has 0 spiro atoms. The Kier molecular flexibility index (Phi) is 6.17. The van der Waals surface area contributed by atoms with E-state index in [0.717, 1.165) is 6.07 Å². The van der Waals surface area contributed by atoms with Crippen molar-refractivity contribution in [1.82, 2.24) is 0 Å². The molecule has 0 radical (unpaired) electrons. The summed E-state index contributed by atoms with van der Waals surface area (Å²) in [4.78, 5) is 35.2. The third-order valence-corrected chi connectivity index (χ3v) is 3.36. The average Bonchev–Trinajstić information content (AvgIpc) is 2.61. The highest BCUT2D eigenvalue weighted by molar-refractivity contribution is 5.98. The van der Waals surface area contributed by atoms with Crippen molar-refractivity contribution in [2.45, 2.75) is 20.0 Å². The number of carbonyl (C=O) groups excluding carboxylic acids is 3. The van der Waals surface area contributed by atoms with Gasteiger partial charge in [-0.2, -0.15) is 0 Å². The zero-order chi connectivity index (χ0) is 20.1. The van der Waals surface area contributed by atoms with Crippen LogP contribution in [0.4, 0.5) is 24.5 Å². The lowest BCUT2D eigenvalue weighted by Gasteiger charge is -2.14. The molecule has 0 saturated carbocycles. The van der Waals surface area contributed by atoms with Gasteiger partial charge in [0.1, 0.15) is 0 Å². The zero-order valence-corrected chi connectivity index (χ0v) is 14.3. The first-order valence-electron chi connectivity index (χ1n) is 7.72. The molecule has 2 rings (SSSR count). The molecule has 0 saturated heterocycles. The van der Waals surface area contributed by atoms with Crippen LogP contribution >= 0.6 is 0 Å². The lowest BCUT2D eigenvalue weighted by atomic mass is 10.2. The van der Waals surface area contributed by atoms with Crippen molar-refractivity contribution in [2.75, 3.05) is 10.6 Å². The highest BCUT2D eigenvalue weighted by atomic mass is 19.2. The quantitative estimate of drug-likeness (QED) is 0.616. The number of hydrogen-bond donors (Lipinski definition) is 2. The Morgan fingerprint density at radius 3 is 2.37 bits per heavy atom. The molecular weight excluding hydrogens is 365 g/mol. The van der Waals surface area contributed by atoms with Crippen LogP contribution in [-0.4, -0.2) is 23.9 Å². The van der Waals surface area contributed by atoms with E-state index in [1.807, 2.05) is 5.32 Å². The first kappa shape index (κ1) is 20.0. The van der Waals surface area contributed by atoms with Crippen LogP contribution in [0.2, 0.25) is 0 Å². The molecule has 0 unspecified atom stereocenters. The maximum Gasteiger partial charge on any atom is 0.338 e. The zero-order valence-electron chi connectivity index (χ0n) is 14.3. The monoisotopic (exact) mass is 380 g/mol. The predicted octanol–water partition coefficient (Wildman–Crippen LogP) is 3.25. The molecule has 2 aromatic rings. The SMILES string of the molecule is CC(=O)Nc1cccc(C(=O)O[C@@H](C)C(=O)Nc2ccc(F)c(F)c2F)c1. The Labute approximate surface area is 152 Å². The maximum absolute atomic E-state index is 13.6. The van der Waals surface area contributed by atoms with E-state index < -0.39 is 41.1 Å². The van der Waals surface area contributed by atoms with Crippen molar-refractivity contribution in [3.8, 4) is 0 Å². The molecule has 142 valence electrons. The summed E-state index contributed by atoms with van der Waals surface area (Å²) >= 11 is 0. The van der Waals surface area contributed by atoms with Gasteiger partial charge < -0.3 is 15.4 Å². The van der Waals surface area contributed by atoms with Crippen LogP contribution < -0.4 is 10.6 Å². The van der Waals surface area contributed by atoms with Crippen molar-refractivity contribution in [2.24, 2.45) is 0 Å². The molecule has 1 atom stereocenters. The van der Waals surface area contributed by atoms with Crippen molar-refractivity contribution in [3.05, 3.63) is 59.4 Å². The highest BCUT2D eigenvalue weighted by Crippen LogP contribution is 2.20. The summed E-state index contributed by atoms with van der Waals surface area (Å²) in [5.74, 6) is -6.83. The van der Waals surface area contributed by atoms with E-state index in [-0.39, 0.29) is 11.5 Å². The lowest BCUT2D eigenvalue weighted by Crippen LogP contribution is -2.30. The van der Waals surface area contributed by atoms with E-state index in [1.54, 1.807) is 6.07 Å². The standard InChI is InChI=1S/C18H15F3N2O4/c1-9(17(25)23-14-7-6-13(19)15(20)16(14)21)27-18(26)11-4-3-5-12(8-11)22-10(2)24/h3-9H,1-2H3,(H,22,24)(H,23,25)/t9-/m0/s1. The first-order chi connectivity index (χ1) is 12.7. The largest absolute Gasteiger partial charge is 0.449 e. The Balaban J connectivity index is 2.05. The Morgan fingerprint density at radius 1 is 1.00 bits per heavy atom. The lowest BCUT2D eigenvalue weighted by molar-refractivity contribution is -0.123. The second kappa shape index (κ2) is 8.35. The fraction of sp³-hybridized carbons (Fsp3) is 0.167. The second-order valence-electron chi connectivity index (χ2n) is 5.52. The van der Waals surface area contributed by atoms with Gasteiger partial charge in [-0.25, -0.2) is 18.0 Å². The number of hydrogen-bond acceptors (Lipinski definition) is 4. The minimum Gasteiger partial charge on any atom is -0.449 e. The van der Waals surface area contributed by atoms with Crippen LogP contribution in [-0.2, 0) is 14.3 Å². The van der Waals surface area contributed by atoms with Crippen LogP contribution in [0.3, 0.4) is 0 Å². The van der Waals surface area contributed by atoms with Crippen molar-refractivity contribution >= 4 is 29.2 Å². The summed E-state index contributed by atoms with van der Waals surface area (Å²) in [5, 5.41) is 4.51. The number of esters is 1. The van der Waals surface area contributed by atoms with Gasteiger partial charge in [0.15, 0.2) is 23.6 Å². The van der Waals surface area contributed by atoms with Crippen molar-refractivity contribution in [1.29, 1.82) is 0 Å². The summed E-state index contributed by atoms with van der Waals surface area (Å²) in [6, 6.07) is 7.31. The van der Waals surface area contributed by atoms with Gasteiger partial charge in [0.05, 0.1) is 11.3 Å². The first-order valence-corrected chi connectivity index (χ1v) is 7.72. The van der Waals surface area contributed by atoms with E-state index in [4.69, 9.17) is 4.74 Å². The van der Waals surface area contributed by atoms with E-state index in [9.17, 15) is 27.6 Å². The molecule has 2 N–H and O–H groups in total. The number of rotatable bonds is 5.